The van der Waals surface area contributed by atoms with Crippen LogP contribution < -0.4 is 15.8 Å². The van der Waals surface area contributed by atoms with Gasteiger partial charge in [-0.3, -0.25) is 14.9 Å². The van der Waals surface area contributed by atoms with Gasteiger partial charge in [-0.1, -0.05) is 0 Å². The summed E-state index contributed by atoms with van der Waals surface area (Å²) < 4.78 is 5.35. The fourth-order valence-corrected chi connectivity index (χ4v) is 2.07. The summed E-state index contributed by atoms with van der Waals surface area (Å²) in [5.41, 5.74) is 6.39. The quantitative estimate of drug-likeness (QED) is 0.603. The third-order valence-corrected chi connectivity index (χ3v) is 3.21. The van der Waals surface area contributed by atoms with Crippen LogP contribution in [0.3, 0.4) is 0 Å². The Bertz CT molecular complexity index is 714. The predicted molar refractivity (Wildman–Crippen MR) is 86.6 cm³/mol. The third kappa shape index (κ3) is 4.19. The molecule has 0 fully saturated rings. The molecule has 0 radical (unpaired) electrons. The molecule has 0 aliphatic carbocycles. The summed E-state index contributed by atoms with van der Waals surface area (Å²) in [7, 11) is 0. The summed E-state index contributed by atoms with van der Waals surface area (Å²) in [6.45, 7) is 2.75. The number of nitrogens with zero attached hydrogens (tertiary/aromatic N) is 1. The molecule has 2 aromatic rings. The van der Waals surface area contributed by atoms with E-state index in [9.17, 15) is 14.9 Å². The Morgan fingerprint density at radius 2 is 1.96 bits per heavy atom. The first-order valence-electron chi connectivity index (χ1n) is 7.05. The molecule has 0 bridgehead atoms. The van der Waals surface area contributed by atoms with Gasteiger partial charge in [-0.15, -0.1) is 0 Å². The van der Waals surface area contributed by atoms with Crippen molar-refractivity contribution < 1.29 is 14.5 Å². The normalized spacial score (nSPS) is 10.1. The van der Waals surface area contributed by atoms with Gasteiger partial charge < -0.3 is 15.8 Å². The van der Waals surface area contributed by atoms with E-state index in [1.807, 2.05) is 31.2 Å². The van der Waals surface area contributed by atoms with E-state index < -0.39 is 10.8 Å². The Kier molecular flexibility index (Phi) is 5.14. The van der Waals surface area contributed by atoms with Crippen molar-refractivity contribution in [1.29, 1.82) is 0 Å². The number of ether oxygens (including phenoxy) is 1. The van der Waals surface area contributed by atoms with Crippen LogP contribution in [0.15, 0.2) is 42.5 Å². The van der Waals surface area contributed by atoms with Crippen LogP contribution >= 0.6 is 0 Å². The fourth-order valence-electron chi connectivity index (χ4n) is 2.07. The van der Waals surface area contributed by atoms with Crippen LogP contribution in [-0.4, -0.2) is 17.4 Å². The summed E-state index contributed by atoms with van der Waals surface area (Å²) in [4.78, 5) is 21.7. The van der Waals surface area contributed by atoms with E-state index in [0.29, 0.717) is 12.2 Å². The van der Waals surface area contributed by atoms with E-state index in [1.54, 1.807) is 0 Å². The first kappa shape index (κ1) is 16.3. The van der Waals surface area contributed by atoms with E-state index in [2.05, 4.69) is 5.32 Å². The molecule has 0 aliphatic rings. The predicted octanol–water partition coefficient (Wildman–Crippen LogP) is 2.70. The number of nitro benzene ring substituents is 1. The van der Waals surface area contributed by atoms with E-state index in [1.165, 1.54) is 18.2 Å². The maximum absolute atomic E-state index is 11.1. The molecule has 23 heavy (non-hydrogen) atoms. The first-order valence-corrected chi connectivity index (χ1v) is 7.05. The minimum atomic E-state index is -0.695. The molecule has 0 saturated carbocycles. The SMILES string of the molecule is CCOc1ccc(NCc2ccc(C(N)=O)cc2[N+](=O)[O-])cc1. The minimum Gasteiger partial charge on any atom is -0.494 e. The molecule has 1 amide bonds. The smallest absolute Gasteiger partial charge is 0.275 e. The number of hydrogen-bond acceptors (Lipinski definition) is 5. The van der Waals surface area contributed by atoms with Crippen molar-refractivity contribution in [2.75, 3.05) is 11.9 Å². The van der Waals surface area contributed by atoms with Crippen molar-refractivity contribution in [3.05, 3.63) is 63.7 Å². The van der Waals surface area contributed by atoms with Crippen LogP contribution in [0.5, 0.6) is 5.75 Å². The van der Waals surface area contributed by atoms with Gasteiger partial charge in [0, 0.05) is 29.4 Å². The number of hydrogen-bond donors (Lipinski definition) is 2. The summed E-state index contributed by atoms with van der Waals surface area (Å²) in [5, 5.41) is 14.2. The highest BCUT2D eigenvalue weighted by Gasteiger charge is 2.16. The van der Waals surface area contributed by atoms with Gasteiger partial charge in [0.05, 0.1) is 11.5 Å². The monoisotopic (exact) mass is 315 g/mol. The summed E-state index contributed by atoms with van der Waals surface area (Å²) in [6.07, 6.45) is 0. The summed E-state index contributed by atoms with van der Waals surface area (Å²) >= 11 is 0. The van der Waals surface area contributed by atoms with Gasteiger partial charge in [-0.05, 0) is 43.3 Å². The molecular weight excluding hydrogens is 298 g/mol. The molecule has 0 unspecified atom stereocenters. The zero-order chi connectivity index (χ0) is 16.8. The average molecular weight is 315 g/mol. The molecule has 2 rings (SSSR count). The minimum absolute atomic E-state index is 0.113. The van der Waals surface area contributed by atoms with E-state index in [-0.39, 0.29) is 17.8 Å². The number of nitrogens with one attached hydrogen (secondary N) is 1. The number of amides is 1. The van der Waals surface area contributed by atoms with Crippen LogP contribution in [0, 0.1) is 10.1 Å². The van der Waals surface area contributed by atoms with E-state index in [0.717, 1.165) is 11.4 Å². The van der Waals surface area contributed by atoms with Gasteiger partial charge in [-0.2, -0.15) is 0 Å². The molecule has 7 heteroatoms. The molecule has 0 aliphatic heterocycles. The summed E-state index contributed by atoms with van der Waals surface area (Å²) in [5.74, 6) is 0.0639. The maximum Gasteiger partial charge on any atom is 0.275 e. The van der Waals surface area contributed by atoms with Crippen molar-refractivity contribution in [2.24, 2.45) is 5.73 Å². The van der Waals surface area contributed by atoms with Crippen LogP contribution in [-0.2, 0) is 6.54 Å². The Labute approximate surface area is 133 Å². The molecule has 0 atom stereocenters. The zero-order valence-corrected chi connectivity index (χ0v) is 12.6. The number of nitro groups is 1. The Balaban J connectivity index is 2.13. The van der Waals surface area contributed by atoms with Gasteiger partial charge in [-0.25, -0.2) is 0 Å². The highest BCUT2D eigenvalue weighted by molar-refractivity contribution is 5.93. The molecule has 0 heterocycles. The Morgan fingerprint density at radius 1 is 1.26 bits per heavy atom. The number of carbonyl (C=O) groups is 1. The van der Waals surface area contributed by atoms with Crippen molar-refractivity contribution in [3.63, 3.8) is 0 Å². The second kappa shape index (κ2) is 7.26. The topological polar surface area (TPSA) is 107 Å². The molecule has 0 saturated heterocycles. The standard InChI is InChI=1S/C16H17N3O4/c1-2-23-14-7-5-13(6-8-14)18-10-12-4-3-11(16(17)20)9-15(12)19(21)22/h3-9,18H,2,10H2,1H3,(H2,17,20). The first-order chi connectivity index (χ1) is 11.0. The third-order valence-electron chi connectivity index (χ3n) is 3.21. The maximum atomic E-state index is 11.1. The molecule has 0 spiro atoms. The molecular formula is C16H17N3O4. The molecule has 2 aromatic carbocycles. The van der Waals surface area contributed by atoms with E-state index >= 15 is 0 Å². The molecule has 3 N–H and O–H groups in total. The molecule has 0 aromatic heterocycles. The largest absolute Gasteiger partial charge is 0.494 e. The second-order valence-electron chi connectivity index (χ2n) is 4.78. The number of anilines is 1. The van der Waals surface area contributed by atoms with Crippen LogP contribution in [0.4, 0.5) is 11.4 Å². The average Bonchev–Trinajstić information content (AvgIpc) is 2.54. The highest BCUT2D eigenvalue weighted by Crippen LogP contribution is 2.22. The number of carbonyl (C=O) groups excluding carboxylic acids is 1. The Hall–Kier alpha value is -3.09. The zero-order valence-electron chi connectivity index (χ0n) is 12.6. The lowest BCUT2D eigenvalue weighted by atomic mass is 10.1. The van der Waals surface area contributed by atoms with Crippen LogP contribution in [0.1, 0.15) is 22.8 Å². The fraction of sp³-hybridized carbons (Fsp3) is 0.188. The van der Waals surface area contributed by atoms with Crippen LogP contribution in [0.2, 0.25) is 0 Å². The van der Waals surface area contributed by atoms with Gasteiger partial charge in [0.15, 0.2) is 0 Å². The highest BCUT2D eigenvalue weighted by atomic mass is 16.6. The summed E-state index contributed by atoms with van der Waals surface area (Å²) in [6, 6.07) is 11.5. The van der Waals surface area contributed by atoms with Gasteiger partial charge in [0.1, 0.15) is 5.75 Å². The van der Waals surface area contributed by atoms with Crippen molar-refractivity contribution >= 4 is 17.3 Å². The number of benzene rings is 2. The lowest BCUT2D eigenvalue weighted by molar-refractivity contribution is -0.385. The molecule has 120 valence electrons. The van der Waals surface area contributed by atoms with E-state index in [4.69, 9.17) is 10.5 Å². The van der Waals surface area contributed by atoms with Gasteiger partial charge in [0.2, 0.25) is 5.91 Å². The van der Waals surface area contributed by atoms with Crippen molar-refractivity contribution in [3.8, 4) is 5.75 Å². The number of primary amides is 1. The lowest BCUT2D eigenvalue weighted by Crippen LogP contribution is -2.12. The van der Waals surface area contributed by atoms with Crippen molar-refractivity contribution in [1.82, 2.24) is 0 Å². The van der Waals surface area contributed by atoms with Crippen molar-refractivity contribution in [2.45, 2.75) is 13.5 Å². The molecule has 7 nitrogen and oxygen atoms in total. The Morgan fingerprint density at radius 3 is 2.52 bits per heavy atom. The number of nitrogens with two attached hydrogens (primary N) is 1. The van der Waals surface area contributed by atoms with Gasteiger partial charge >= 0.3 is 0 Å². The van der Waals surface area contributed by atoms with Gasteiger partial charge in [0.25, 0.3) is 5.69 Å². The lowest BCUT2D eigenvalue weighted by Gasteiger charge is -2.09. The second-order valence-corrected chi connectivity index (χ2v) is 4.78. The number of rotatable bonds is 7. The van der Waals surface area contributed by atoms with Crippen LogP contribution in [0.25, 0.3) is 0 Å².